The molecule has 37 heavy (non-hydrogen) atoms. The van der Waals surface area contributed by atoms with Gasteiger partial charge in [0.2, 0.25) is 10.0 Å². The molecule has 0 fully saturated rings. The van der Waals surface area contributed by atoms with Gasteiger partial charge in [-0.3, -0.25) is 9.52 Å². The summed E-state index contributed by atoms with van der Waals surface area (Å²) in [6.45, 7) is 2.01. The molecule has 1 aromatic heterocycles. The summed E-state index contributed by atoms with van der Waals surface area (Å²) >= 11 is 0. The minimum absolute atomic E-state index is 0.135. The molecule has 0 aliphatic heterocycles. The molecule has 10 heteroatoms. The van der Waals surface area contributed by atoms with Crippen molar-refractivity contribution in [3.05, 3.63) is 107 Å². The summed E-state index contributed by atoms with van der Waals surface area (Å²) in [7, 11) is -2.23. The van der Waals surface area contributed by atoms with Crippen LogP contribution in [0.3, 0.4) is 0 Å². The molecule has 0 bridgehead atoms. The van der Waals surface area contributed by atoms with Gasteiger partial charge in [-0.25, -0.2) is 17.2 Å². The predicted octanol–water partition coefficient (Wildman–Crippen LogP) is 5.46. The largest absolute Gasteiger partial charge is 0.493 e. The summed E-state index contributed by atoms with van der Waals surface area (Å²) in [6.07, 6.45) is 1.51. The van der Waals surface area contributed by atoms with Crippen LogP contribution in [0.15, 0.2) is 83.8 Å². The van der Waals surface area contributed by atoms with Crippen molar-refractivity contribution in [3.63, 3.8) is 0 Å². The highest BCUT2D eigenvalue weighted by Crippen LogP contribution is 2.40. The Hall–Kier alpha value is -4.18. The fourth-order valence-corrected chi connectivity index (χ4v) is 4.86. The van der Waals surface area contributed by atoms with E-state index in [1.54, 1.807) is 44.3 Å². The molecule has 1 N–H and O–H groups in total. The molecule has 0 aliphatic carbocycles. The highest BCUT2D eigenvalue weighted by atomic mass is 32.2. The number of halogens is 2. The van der Waals surface area contributed by atoms with Gasteiger partial charge in [0, 0.05) is 42.2 Å². The molecule has 0 radical (unpaired) electrons. The molecule has 0 spiro atoms. The van der Waals surface area contributed by atoms with Gasteiger partial charge in [-0.05, 0) is 42.8 Å². The van der Waals surface area contributed by atoms with Gasteiger partial charge < -0.3 is 14.0 Å². The van der Waals surface area contributed by atoms with Crippen molar-refractivity contribution in [2.45, 2.75) is 12.7 Å². The van der Waals surface area contributed by atoms with Crippen molar-refractivity contribution in [2.75, 3.05) is 11.3 Å². The van der Waals surface area contributed by atoms with Gasteiger partial charge in [0.05, 0.1) is 12.4 Å². The smallest absolute Gasteiger partial charge is 0.254 e. The van der Waals surface area contributed by atoms with E-state index in [2.05, 4.69) is 4.72 Å². The number of nitrogens with zero attached hydrogens (tertiary/aromatic N) is 1. The Morgan fingerprint density at radius 1 is 0.892 bits per heavy atom. The normalized spacial score (nSPS) is 11.2. The Bertz CT molecular complexity index is 1590. The van der Waals surface area contributed by atoms with E-state index in [0.29, 0.717) is 22.8 Å². The number of hydrogen-bond acceptors (Lipinski definition) is 5. The van der Waals surface area contributed by atoms with Crippen LogP contribution in [-0.4, -0.2) is 19.6 Å². The Balaban J connectivity index is 1.80. The van der Waals surface area contributed by atoms with Crippen LogP contribution in [0.4, 0.5) is 14.5 Å². The van der Waals surface area contributed by atoms with Crippen molar-refractivity contribution in [2.24, 2.45) is 7.05 Å². The lowest BCUT2D eigenvalue weighted by molar-refractivity contribution is 0.340. The van der Waals surface area contributed by atoms with Gasteiger partial charge >= 0.3 is 0 Å². The number of anilines is 1. The van der Waals surface area contributed by atoms with Gasteiger partial charge in [0.15, 0.2) is 11.6 Å². The molecule has 7 nitrogen and oxygen atoms in total. The van der Waals surface area contributed by atoms with E-state index in [4.69, 9.17) is 9.47 Å². The summed E-state index contributed by atoms with van der Waals surface area (Å²) in [6, 6.07) is 17.3. The van der Waals surface area contributed by atoms with Crippen molar-refractivity contribution in [1.29, 1.82) is 0 Å². The molecule has 192 valence electrons. The summed E-state index contributed by atoms with van der Waals surface area (Å²) in [4.78, 5) is 12.3. The van der Waals surface area contributed by atoms with E-state index < -0.39 is 21.7 Å². The van der Waals surface area contributed by atoms with Crippen LogP contribution >= 0.6 is 0 Å². The third-order valence-corrected chi connectivity index (χ3v) is 6.61. The second-order valence-electron chi connectivity index (χ2n) is 8.17. The Morgan fingerprint density at radius 3 is 2.32 bits per heavy atom. The Kier molecular flexibility index (Phi) is 7.58. The standard InChI is InChI=1S/C27H24F2N2O5S/c1-3-35-26-15-27(32)31(2)16-22(26)21-14-20(30-37(33,34)17-18-7-5-4-6-8-18)10-12-24(21)36-25-11-9-19(28)13-23(25)29/h4-16,30H,3,17H2,1-2H3. The van der Waals surface area contributed by atoms with Crippen LogP contribution in [0.5, 0.6) is 17.2 Å². The molecule has 0 unspecified atom stereocenters. The second-order valence-corrected chi connectivity index (χ2v) is 9.89. The van der Waals surface area contributed by atoms with E-state index in [-0.39, 0.29) is 40.9 Å². The number of rotatable bonds is 9. The number of ether oxygens (including phenoxy) is 2. The van der Waals surface area contributed by atoms with Gasteiger partial charge in [-0.1, -0.05) is 30.3 Å². The molecule has 0 atom stereocenters. The second kappa shape index (κ2) is 10.8. The lowest BCUT2D eigenvalue weighted by Crippen LogP contribution is -2.16. The zero-order valence-electron chi connectivity index (χ0n) is 20.1. The first-order valence-corrected chi connectivity index (χ1v) is 13.0. The molecule has 3 aromatic carbocycles. The molecule has 0 saturated carbocycles. The third-order valence-electron chi connectivity index (χ3n) is 5.35. The number of sulfonamides is 1. The highest BCUT2D eigenvalue weighted by Gasteiger charge is 2.19. The number of nitrogens with one attached hydrogen (secondary N) is 1. The first kappa shape index (κ1) is 25.9. The Morgan fingerprint density at radius 2 is 1.62 bits per heavy atom. The SMILES string of the molecule is CCOc1cc(=O)n(C)cc1-c1cc(NS(=O)(=O)Cc2ccccc2)ccc1Oc1ccc(F)cc1F. The average molecular weight is 527 g/mol. The summed E-state index contributed by atoms with van der Waals surface area (Å²) in [5.41, 5.74) is 1.24. The molecule has 1 heterocycles. The average Bonchev–Trinajstić information content (AvgIpc) is 2.84. The number of hydrogen-bond donors (Lipinski definition) is 1. The van der Waals surface area contributed by atoms with Crippen LogP contribution in [0.2, 0.25) is 0 Å². The van der Waals surface area contributed by atoms with Crippen LogP contribution in [-0.2, 0) is 22.8 Å². The van der Waals surface area contributed by atoms with Crippen molar-refractivity contribution in [3.8, 4) is 28.4 Å². The lowest BCUT2D eigenvalue weighted by atomic mass is 10.0. The monoisotopic (exact) mass is 526 g/mol. The maximum Gasteiger partial charge on any atom is 0.254 e. The fourth-order valence-electron chi connectivity index (χ4n) is 3.67. The molecule has 4 aromatic rings. The zero-order chi connectivity index (χ0) is 26.6. The molecule has 0 aliphatic rings. The van der Waals surface area contributed by atoms with Crippen LogP contribution < -0.4 is 19.8 Å². The first-order chi connectivity index (χ1) is 17.6. The van der Waals surface area contributed by atoms with Crippen molar-refractivity contribution < 1.29 is 26.7 Å². The van der Waals surface area contributed by atoms with E-state index in [1.807, 2.05) is 0 Å². The van der Waals surface area contributed by atoms with E-state index in [9.17, 15) is 22.0 Å². The topological polar surface area (TPSA) is 86.6 Å². The van der Waals surface area contributed by atoms with E-state index in [1.165, 1.54) is 35.0 Å². The number of aromatic nitrogens is 1. The van der Waals surface area contributed by atoms with Gasteiger partial charge in [-0.2, -0.15) is 0 Å². The molecule has 0 saturated heterocycles. The van der Waals surface area contributed by atoms with Crippen LogP contribution in [0, 0.1) is 11.6 Å². The molecular weight excluding hydrogens is 502 g/mol. The molecular formula is C27H24F2N2O5S. The lowest BCUT2D eigenvalue weighted by Gasteiger charge is -2.17. The van der Waals surface area contributed by atoms with E-state index >= 15 is 0 Å². The fraction of sp³-hybridized carbons (Fsp3) is 0.148. The van der Waals surface area contributed by atoms with Gasteiger partial charge in [-0.15, -0.1) is 0 Å². The molecule has 4 rings (SSSR count). The van der Waals surface area contributed by atoms with Crippen molar-refractivity contribution in [1.82, 2.24) is 4.57 Å². The summed E-state index contributed by atoms with van der Waals surface area (Å²) in [5.74, 6) is -1.78. The minimum Gasteiger partial charge on any atom is -0.493 e. The maximum absolute atomic E-state index is 14.4. The van der Waals surface area contributed by atoms with Crippen LogP contribution in [0.1, 0.15) is 12.5 Å². The van der Waals surface area contributed by atoms with Gasteiger partial charge in [0.1, 0.15) is 17.3 Å². The predicted molar refractivity (Wildman–Crippen MR) is 137 cm³/mol. The number of pyridine rings is 1. The zero-order valence-corrected chi connectivity index (χ0v) is 20.9. The van der Waals surface area contributed by atoms with Crippen LogP contribution in [0.25, 0.3) is 11.1 Å². The third kappa shape index (κ3) is 6.34. The van der Waals surface area contributed by atoms with Crippen molar-refractivity contribution >= 4 is 15.7 Å². The Labute approximate surface area is 213 Å². The highest BCUT2D eigenvalue weighted by molar-refractivity contribution is 7.91. The summed E-state index contributed by atoms with van der Waals surface area (Å²) in [5, 5.41) is 0. The molecule has 0 amide bonds. The quantitative estimate of drug-likeness (QED) is 0.313. The number of aryl methyl sites for hydroxylation is 1. The number of benzene rings is 3. The first-order valence-electron chi connectivity index (χ1n) is 11.3. The minimum atomic E-state index is -3.78. The maximum atomic E-state index is 14.4. The summed E-state index contributed by atoms with van der Waals surface area (Å²) < 4.78 is 68.8. The van der Waals surface area contributed by atoms with Gasteiger partial charge in [0.25, 0.3) is 5.56 Å². The van der Waals surface area contributed by atoms with E-state index in [0.717, 1.165) is 12.1 Å².